The van der Waals surface area contributed by atoms with Gasteiger partial charge in [0.15, 0.2) is 0 Å². The Morgan fingerprint density at radius 1 is 1.09 bits per heavy atom. The molecule has 0 radical (unpaired) electrons. The first-order valence-electron chi connectivity index (χ1n) is 6.51. The molecule has 0 aliphatic heterocycles. The summed E-state index contributed by atoms with van der Waals surface area (Å²) in [7, 11) is 0. The maximum absolute atomic E-state index is 12.7. The van der Waals surface area contributed by atoms with E-state index in [1.165, 1.54) is 12.1 Å². The van der Waals surface area contributed by atoms with Crippen molar-refractivity contribution in [3.63, 3.8) is 0 Å². The monoisotopic (exact) mass is 323 g/mol. The van der Waals surface area contributed by atoms with Crippen molar-refractivity contribution >= 4 is 17.6 Å². The summed E-state index contributed by atoms with van der Waals surface area (Å²) < 4.78 is 38.0. The Bertz CT molecular complexity index is 769. The van der Waals surface area contributed by atoms with Gasteiger partial charge >= 0.3 is 12.1 Å². The molecule has 23 heavy (non-hydrogen) atoms. The van der Waals surface area contributed by atoms with Gasteiger partial charge in [0, 0.05) is 5.56 Å². The van der Waals surface area contributed by atoms with Gasteiger partial charge in [-0.2, -0.15) is 13.2 Å². The molecule has 120 valence electrons. The average Bonchev–Trinajstić information content (AvgIpc) is 2.46. The maximum Gasteiger partial charge on any atom is 0.416 e. The molecule has 0 saturated carbocycles. The number of hydrogen-bond acceptors (Lipinski definition) is 2. The van der Waals surface area contributed by atoms with E-state index in [0.29, 0.717) is 11.6 Å². The van der Waals surface area contributed by atoms with Gasteiger partial charge < -0.3 is 10.4 Å². The van der Waals surface area contributed by atoms with Crippen molar-refractivity contribution in [3.05, 3.63) is 64.7 Å². The molecule has 0 unspecified atom stereocenters. The van der Waals surface area contributed by atoms with Gasteiger partial charge in [0.05, 0.1) is 16.8 Å². The summed E-state index contributed by atoms with van der Waals surface area (Å²) >= 11 is 0. The fourth-order valence-electron chi connectivity index (χ4n) is 2.09. The highest BCUT2D eigenvalue weighted by Gasteiger charge is 2.31. The topological polar surface area (TPSA) is 66.4 Å². The van der Waals surface area contributed by atoms with Crippen LogP contribution in [-0.2, 0) is 6.18 Å². The molecule has 0 fully saturated rings. The van der Waals surface area contributed by atoms with Crippen molar-refractivity contribution in [2.45, 2.75) is 13.1 Å². The Morgan fingerprint density at radius 2 is 1.74 bits per heavy atom. The number of hydrogen-bond donors (Lipinski definition) is 2. The van der Waals surface area contributed by atoms with Gasteiger partial charge in [0.1, 0.15) is 0 Å². The van der Waals surface area contributed by atoms with E-state index >= 15 is 0 Å². The van der Waals surface area contributed by atoms with E-state index < -0.39 is 23.6 Å². The number of carbonyl (C=O) groups is 2. The lowest BCUT2D eigenvalue weighted by Crippen LogP contribution is -2.16. The number of carbonyl (C=O) groups excluding carboxylic acids is 1. The second kappa shape index (κ2) is 6.12. The number of carboxylic acid groups (broad SMARTS) is 1. The molecule has 0 atom stereocenters. The van der Waals surface area contributed by atoms with Gasteiger partial charge in [0.25, 0.3) is 5.91 Å². The second-order valence-electron chi connectivity index (χ2n) is 4.84. The summed E-state index contributed by atoms with van der Waals surface area (Å²) in [6, 6.07) is 8.39. The quantitative estimate of drug-likeness (QED) is 0.898. The minimum absolute atomic E-state index is 0.0277. The summed E-state index contributed by atoms with van der Waals surface area (Å²) in [5, 5.41) is 11.5. The van der Waals surface area contributed by atoms with Gasteiger partial charge in [0.2, 0.25) is 0 Å². The normalized spacial score (nSPS) is 11.1. The molecule has 0 spiro atoms. The molecule has 7 heteroatoms. The number of alkyl halides is 3. The van der Waals surface area contributed by atoms with Crippen molar-refractivity contribution in [1.29, 1.82) is 0 Å². The molecule has 4 nitrogen and oxygen atoms in total. The molecule has 2 aromatic carbocycles. The first-order valence-corrected chi connectivity index (χ1v) is 6.51. The van der Waals surface area contributed by atoms with E-state index in [0.717, 1.165) is 12.1 Å². The number of benzene rings is 2. The van der Waals surface area contributed by atoms with Crippen molar-refractivity contribution in [2.24, 2.45) is 0 Å². The predicted octanol–water partition coefficient (Wildman–Crippen LogP) is 3.96. The molecular weight excluding hydrogens is 311 g/mol. The van der Waals surface area contributed by atoms with Crippen LogP contribution in [0.15, 0.2) is 42.5 Å². The number of halogens is 3. The highest BCUT2D eigenvalue weighted by Crippen LogP contribution is 2.30. The summed E-state index contributed by atoms with van der Waals surface area (Å²) in [6.07, 6.45) is -4.56. The number of anilines is 1. The van der Waals surface area contributed by atoms with Crippen molar-refractivity contribution < 1.29 is 27.9 Å². The minimum Gasteiger partial charge on any atom is -0.478 e. The van der Waals surface area contributed by atoms with Crippen LogP contribution in [0, 0.1) is 6.92 Å². The number of aromatic carboxylic acids is 1. The summed E-state index contributed by atoms with van der Waals surface area (Å²) in [5.41, 5.74) is -0.808. The first kappa shape index (κ1) is 16.5. The zero-order valence-corrected chi connectivity index (χ0v) is 11.9. The van der Waals surface area contributed by atoms with E-state index in [1.807, 2.05) is 0 Å². The second-order valence-corrected chi connectivity index (χ2v) is 4.84. The molecular formula is C16H12F3NO3. The van der Waals surface area contributed by atoms with Crippen LogP contribution in [0.5, 0.6) is 0 Å². The van der Waals surface area contributed by atoms with Crippen LogP contribution in [-0.4, -0.2) is 17.0 Å². The molecule has 1 amide bonds. The van der Waals surface area contributed by atoms with Crippen LogP contribution in [0.4, 0.5) is 18.9 Å². The number of nitrogens with one attached hydrogen (secondary N) is 1. The highest BCUT2D eigenvalue weighted by molar-refractivity contribution is 6.08. The maximum atomic E-state index is 12.7. The summed E-state index contributed by atoms with van der Waals surface area (Å²) in [5.74, 6) is -2.05. The molecule has 2 N–H and O–H groups in total. The summed E-state index contributed by atoms with van der Waals surface area (Å²) in [4.78, 5) is 23.4. The Morgan fingerprint density at radius 3 is 2.35 bits per heavy atom. The van der Waals surface area contributed by atoms with Gasteiger partial charge in [-0.15, -0.1) is 0 Å². The largest absolute Gasteiger partial charge is 0.478 e. The molecule has 2 aromatic rings. The van der Waals surface area contributed by atoms with Crippen LogP contribution < -0.4 is 5.32 Å². The minimum atomic E-state index is -4.56. The number of carboxylic acids is 1. The predicted molar refractivity (Wildman–Crippen MR) is 77.5 cm³/mol. The Kier molecular flexibility index (Phi) is 4.40. The van der Waals surface area contributed by atoms with Gasteiger partial charge in [-0.05, 0) is 36.8 Å². The van der Waals surface area contributed by atoms with Gasteiger partial charge in [-0.3, -0.25) is 4.79 Å². The van der Waals surface area contributed by atoms with Crippen LogP contribution in [0.1, 0.15) is 31.8 Å². The molecule has 0 heterocycles. The average molecular weight is 323 g/mol. The smallest absolute Gasteiger partial charge is 0.416 e. The van der Waals surface area contributed by atoms with Crippen LogP contribution in [0.2, 0.25) is 0 Å². The Labute approximate surface area is 129 Å². The molecule has 0 bridgehead atoms. The fraction of sp³-hybridized carbons (Fsp3) is 0.125. The van der Waals surface area contributed by atoms with Crippen molar-refractivity contribution in [1.82, 2.24) is 0 Å². The van der Waals surface area contributed by atoms with E-state index in [9.17, 15) is 27.9 Å². The van der Waals surface area contributed by atoms with Crippen LogP contribution >= 0.6 is 0 Å². The van der Waals surface area contributed by atoms with Crippen LogP contribution in [0.3, 0.4) is 0 Å². The molecule has 0 aliphatic rings. The van der Waals surface area contributed by atoms with E-state index in [4.69, 9.17) is 0 Å². The summed E-state index contributed by atoms with van der Waals surface area (Å²) in [6.45, 7) is 1.56. The zero-order valence-electron chi connectivity index (χ0n) is 11.9. The Hall–Kier alpha value is -2.83. The number of aryl methyl sites for hydroxylation is 1. The Balaban J connectivity index is 2.34. The van der Waals surface area contributed by atoms with E-state index in [2.05, 4.69) is 5.32 Å². The molecule has 0 aliphatic carbocycles. The van der Waals surface area contributed by atoms with E-state index in [1.54, 1.807) is 19.1 Å². The SMILES string of the molecule is Cc1cccc(NC(=O)c2cccc(C(F)(F)F)c2)c1C(=O)O. The van der Waals surface area contributed by atoms with Gasteiger partial charge in [-0.1, -0.05) is 18.2 Å². The van der Waals surface area contributed by atoms with Crippen LogP contribution in [0.25, 0.3) is 0 Å². The zero-order chi connectivity index (χ0) is 17.2. The lowest BCUT2D eigenvalue weighted by Gasteiger charge is -2.12. The lowest BCUT2D eigenvalue weighted by atomic mass is 10.1. The standard InChI is InChI=1S/C16H12F3NO3/c1-9-4-2-7-12(13(9)15(22)23)20-14(21)10-5-3-6-11(8-10)16(17,18)19/h2-8H,1H3,(H,20,21)(H,22,23). The van der Waals surface area contributed by atoms with Gasteiger partial charge in [-0.25, -0.2) is 4.79 Å². The lowest BCUT2D eigenvalue weighted by molar-refractivity contribution is -0.137. The van der Waals surface area contributed by atoms with Crippen molar-refractivity contribution in [2.75, 3.05) is 5.32 Å². The molecule has 2 rings (SSSR count). The van der Waals surface area contributed by atoms with E-state index in [-0.39, 0.29) is 16.8 Å². The fourth-order valence-corrected chi connectivity index (χ4v) is 2.09. The third kappa shape index (κ3) is 3.68. The third-order valence-electron chi connectivity index (χ3n) is 3.19. The number of rotatable bonds is 3. The molecule has 0 aromatic heterocycles. The molecule has 0 saturated heterocycles. The van der Waals surface area contributed by atoms with Crippen molar-refractivity contribution in [3.8, 4) is 0 Å². The highest BCUT2D eigenvalue weighted by atomic mass is 19.4. The third-order valence-corrected chi connectivity index (χ3v) is 3.19. The first-order chi connectivity index (χ1) is 10.7. The number of amides is 1.